The number of carboxylic acid groups (broad SMARTS) is 1. The lowest BCUT2D eigenvalue weighted by Gasteiger charge is -2.05. The number of aromatic carboxylic acids is 1. The second-order valence-electron chi connectivity index (χ2n) is 4.07. The SMILES string of the molecule is Cc1cccc(Cn2c(C(=O)O)c(N)[nH]c2=O)c1. The number of hydrogen-bond donors (Lipinski definition) is 3. The average Bonchev–Trinajstić information content (AvgIpc) is 2.53. The monoisotopic (exact) mass is 247 g/mol. The summed E-state index contributed by atoms with van der Waals surface area (Å²) in [5.41, 5.74) is 6.63. The molecule has 4 N–H and O–H groups in total. The number of nitrogen functional groups attached to an aromatic ring is 1. The number of carbonyl (C=O) groups is 1. The normalized spacial score (nSPS) is 10.5. The van der Waals surface area contributed by atoms with Crippen molar-refractivity contribution >= 4 is 11.8 Å². The highest BCUT2D eigenvalue weighted by Crippen LogP contribution is 2.10. The third-order valence-corrected chi connectivity index (χ3v) is 2.64. The Balaban J connectivity index is 2.46. The van der Waals surface area contributed by atoms with Gasteiger partial charge in [0.05, 0.1) is 6.54 Å². The molecular formula is C12H13N3O3. The molecule has 0 saturated carbocycles. The van der Waals surface area contributed by atoms with Crippen LogP contribution in [0.5, 0.6) is 0 Å². The van der Waals surface area contributed by atoms with E-state index >= 15 is 0 Å². The Morgan fingerprint density at radius 1 is 1.50 bits per heavy atom. The van der Waals surface area contributed by atoms with Crippen molar-refractivity contribution in [1.82, 2.24) is 9.55 Å². The number of nitrogens with zero attached hydrogens (tertiary/aromatic N) is 1. The zero-order chi connectivity index (χ0) is 13.3. The molecule has 0 amide bonds. The molecule has 0 spiro atoms. The maximum atomic E-state index is 11.6. The van der Waals surface area contributed by atoms with Gasteiger partial charge in [0.1, 0.15) is 5.82 Å². The van der Waals surface area contributed by atoms with Crippen LogP contribution in [0.4, 0.5) is 5.82 Å². The van der Waals surface area contributed by atoms with Crippen LogP contribution < -0.4 is 11.4 Å². The van der Waals surface area contributed by atoms with E-state index in [1.807, 2.05) is 31.2 Å². The number of H-pyrrole nitrogens is 1. The van der Waals surface area contributed by atoms with E-state index in [4.69, 9.17) is 10.8 Å². The van der Waals surface area contributed by atoms with Gasteiger partial charge in [-0.1, -0.05) is 29.8 Å². The number of aromatic nitrogens is 2. The first-order chi connectivity index (χ1) is 8.49. The van der Waals surface area contributed by atoms with Crippen LogP contribution in [0.1, 0.15) is 21.6 Å². The second-order valence-corrected chi connectivity index (χ2v) is 4.07. The number of benzene rings is 1. The summed E-state index contributed by atoms with van der Waals surface area (Å²) < 4.78 is 1.12. The Morgan fingerprint density at radius 2 is 2.22 bits per heavy atom. The van der Waals surface area contributed by atoms with Crippen molar-refractivity contribution in [3.05, 3.63) is 51.6 Å². The summed E-state index contributed by atoms with van der Waals surface area (Å²) in [6.07, 6.45) is 0. The summed E-state index contributed by atoms with van der Waals surface area (Å²) in [5.74, 6) is -1.35. The Hall–Kier alpha value is -2.50. The van der Waals surface area contributed by atoms with Gasteiger partial charge in [0.25, 0.3) is 0 Å². The van der Waals surface area contributed by atoms with Crippen LogP contribution in [0.25, 0.3) is 0 Å². The van der Waals surface area contributed by atoms with Crippen LogP contribution in [0, 0.1) is 6.92 Å². The van der Waals surface area contributed by atoms with Crippen molar-refractivity contribution < 1.29 is 9.90 Å². The highest BCUT2D eigenvalue weighted by molar-refractivity contribution is 5.90. The quantitative estimate of drug-likeness (QED) is 0.747. The van der Waals surface area contributed by atoms with Gasteiger partial charge in [0.15, 0.2) is 5.69 Å². The molecule has 2 aromatic rings. The number of carboxylic acids is 1. The average molecular weight is 247 g/mol. The van der Waals surface area contributed by atoms with Crippen LogP contribution >= 0.6 is 0 Å². The van der Waals surface area contributed by atoms with Crippen molar-refractivity contribution in [3.63, 3.8) is 0 Å². The van der Waals surface area contributed by atoms with E-state index in [1.165, 1.54) is 0 Å². The largest absolute Gasteiger partial charge is 0.476 e. The minimum absolute atomic E-state index is 0.125. The summed E-state index contributed by atoms with van der Waals surface area (Å²) in [7, 11) is 0. The van der Waals surface area contributed by atoms with Crippen LogP contribution in [0.15, 0.2) is 29.1 Å². The van der Waals surface area contributed by atoms with Gasteiger partial charge in [-0.2, -0.15) is 0 Å². The van der Waals surface area contributed by atoms with Crippen molar-refractivity contribution in [2.24, 2.45) is 0 Å². The van der Waals surface area contributed by atoms with Crippen LogP contribution in [0.3, 0.4) is 0 Å². The maximum absolute atomic E-state index is 11.6. The van der Waals surface area contributed by atoms with Gasteiger partial charge in [0, 0.05) is 0 Å². The minimum Gasteiger partial charge on any atom is -0.476 e. The van der Waals surface area contributed by atoms with E-state index in [9.17, 15) is 9.59 Å². The highest BCUT2D eigenvalue weighted by atomic mass is 16.4. The lowest BCUT2D eigenvalue weighted by atomic mass is 10.1. The minimum atomic E-state index is -1.22. The van der Waals surface area contributed by atoms with Crippen molar-refractivity contribution in [3.8, 4) is 0 Å². The molecule has 18 heavy (non-hydrogen) atoms. The van der Waals surface area contributed by atoms with Gasteiger partial charge in [-0.15, -0.1) is 0 Å². The van der Waals surface area contributed by atoms with E-state index in [2.05, 4.69) is 4.98 Å². The molecule has 0 aliphatic heterocycles. The first-order valence-electron chi connectivity index (χ1n) is 5.36. The molecule has 1 heterocycles. The topological polar surface area (TPSA) is 101 Å². The zero-order valence-electron chi connectivity index (χ0n) is 9.80. The van der Waals surface area contributed by atoms with Crippen LogP contribution in [-0.4, -0.2) is 20.6 Å². The number of anilines is 1. The van der Waals surface area contributed by atoms with Crippen molar-refractivity contribution in [1.29, 1.82) is 0 Å². The van der Waals surface area contributed by atoms with Crippen LogP contribution in [0.2, 0.25) is 0 Å². The molecule has 0 aliphatic carbocycles. The van der Waals surface area contributed by atoms with Gasteiger partial charge >= 0.3 is 11.7 Å². The Kier molecular flexibility index (Phi) is 2.93. The van der Waals surface area contributed by atoms with Crippen LogP contribution in [-0.2, 0) is 6.54 Å². The third-order valence-electron chi connectivity index (χ3n) is 2.64. The fraction of sp³-hybridized carbons (Fsp3) is 0.167. The smallest absolute Gasteiger partial charge is 0.356 e. The highest BCUT2D eigenvalue weighted by Gasteiger charge is 2.18. The number of nitrogens with two attached hydrogens (primary N) is 1. The summed E-state index contributed by atoms with van der Waals surface area (Å²) in [6.45, 7) is 2.10. The fourth-order valence-electron chi connectivity index (χ4n) is 1.86. The number of imidazole rings is 1. The first-order valence-corrected chi connectivity index (χ1v) is 5.36. The van der Waals surface area contributed by atoms with Crippen molar-refractivity contribution in [2.45, 2.75) is 13.5 Å². The lowest BCUT2D eigenvalue weighted by molar-refractivity contribution is 0.0686. The number of aryl methyl sites for hydroxylation is 1. The van der Waals surface area contributed by atoms with Gasteiger partial charge < -0.3 is 10.8 Å². The summed E-state index contributed by atoms with van der Waals surface area (Å²) in [6, 6.07) is 7.50. The lowest BCUT2D eigenvalue weighted by Crippen LogP contribution is -2.21. The molecule has 1 aromatic carbocycles. The number of aromatic amines is 1. The molecule has 0 unspecified atom stereocenters. The maximum Gasteiger partial charge on any atom is 0.356 e. The molecule has 0 atom stereocenters. The Bertz CT molecular complexity index is 655. The van der Waals surface area contributed by atoms with E-state index in [0.717, 1.165) is 15.7 Å². The summed E-state index contributed by atoms with van der Waals surface area (Å²) in [4.78, 5) is 25.0. The first kappa shape index (κ1) is 12.0. The fourth-order valence-corrected chi connectivity index (χ4v) is 1.86. The number of hydrogen-bond acceptors (Lipinski definition) is 3. The molecule has 6 nitrogen and oxygen atoms in total. The van der Waals surface area contributed by atoms with E-state index in [1.54, 1.807) is 0 Å². The molecular weight excluding hydrogens is 234 g/mol. The van der Waals surface area contributed by atoms with E-state index < -0.39 is 11.7 Å². The molecule has 0 bridgehead atoms. The predicted molar refractivity (Wildman–Crippen MR) is 66.7 cm³/mol. The predicted octanol–water partition coefficient (Wildman–Crippen LogP) is 0.814. The molecule has 0 saturated heterocycles. The van der Waals surface area contributed by atoms with Gasteiger partial charge in [-0.05, 0) is 12.5 Å². The number of nitrogens with one attached hydrogen (secondary N) is 1. The molecule has 0 fully saturated rings. The molecule has 0 aliphatic rings. The molecule has 2 rings (SSSR count). The van der Waals surface area contributed by atoms with Gasteiger partial charge in [-0.3, -0.25) is 9.55 Å². The standard InChI is InChI=1S/C12H13N3O3/c1-7-3-2-4-8(5-7)6-15-9(11(16)17)10(13)14-12(15)18/h2-5H,6,13H2,1H3,(H,14,18)(H,16,17). The van der Waals surface area contributed by atoms with Gasteiger partial charge in [-0.25, -0.2) is 9.59 Å². The second kappa shape index (κ2) is 4.40. The van der Waals surface area contributed by atoms with E-state index in [-0.39, 0.29) is 18.1 Å². The molecule has 94 valence electrons. The summed E-state index contributed by atoms with van der Waals surface area (Å²) in [5, 5.41) is 9.03. The molecule has 6 heteroatoms. The number of rotatable bonds is 3. The zero-order valence-corrected chi connectivity index (χ0v) is 9.80. The molecule has 0 radical (unpaired) electrons. The van der Waals surface area contributed by atoms with E-state index in [0.29, 0.717) is 0 Å². The Morgan fingerprint density at radius 3 is 2.83 bits per heavy atom. The van der Waals surface area contributed by atoms with Gasteiger partial charge in [0.2, 0.25) is 0 Å². The van der Waals surface area contributed by atoms with Crippen molar-refractivity contribution in [2.75, 3.05) is 5.73 Å². The third kappa shape index (κ3) is 2.13. The molecule has 1 aromatic heterocycles. The summed E-state index contributed by atoms with van der Waals surface area (Å²) >= 11 is 0. The Labute approximate surface area is 103 Å².